The molecule has 10 heavy (non-hydrogen) atoms. The molecule has 1 atom stereocenters. The fraction of sp³-hybridized carbons (Fsp3) is 0.750. The number of hydrogen-bond acceptors (Lipinski definition) is 1. The van der Waals surface area contributed by atoms with Gasteiger partial charge in [-0.3, -0.25) is 0 Å². The van der Waals surface area contributed by atoms with Crippen molar-refractivity contribution in [1.82, 2.24) is 0 Å². The second-order valence-corrected chi connectivity index (χ2v) is 2.62. The molecule has 1 aliphatic heterocycles. The maximum atomic E-state index is 5.30. The third kappa shape index (κ3) is 2.81. The molecule has 0 N–H and O–H groups in total. The van der Waals surface area contributed by atoms with Crippen LogP contribution in [0, 0.1) is 12.0 Å². The molecule has 0 aromatic rings. The molecule has 0 bridgehead atoms. The van der Waals surface area contributed by atoms with E-state index in [2.05, 4.69) is 13.0 Å². The second kappa shape index (κ2) is 4.88. The first kappa shape index (κ1) is 10.1. The summed E-state index contributed by atoms with van der Waals surface area (Å²) in [5.41, 5.74) is 0. The first-order valence-electron chi connectivity index (χ1n) is 3.49. The van der Waals surface area contributed by atoms with Crippen LogP contribution in [-0.2, 0) is 4.74 Å². The van der Waals surface area contributed by atoms with Crippen LogP contribution in [0.4, 0.5) is 0 Å². The maximum Gasteiger partial charge on any atom is 1.00 e. The van der Waals surface area contributed by atoms with Crippen LogP contribution in [-0.4, -0.2) is 6.61 Å². The van der Waals surface area contributed by atoms with Crippen LogP contribution in [0.1, 0.15) is 26.7 Å². The molecule has 0 aliphatic carbocycles. The molecule has 1 fully saturated rings. The van der Waals surface area contributed by atoms with Gasteiger partial charge in [-0.2, -0.15) is 6.92 Å². The molecular weight excluding hydrogens is 119 g/mol. The van der Waals surface area contributed by atoms with Gasteiger partial charge in [-0.25, -0.2) is 0 Å². The van der Waals surface area contributed by atoms with Gasteiger partial charge in [0.15, 0.2) is 0 Å². The zero-order chi connectivity index (χ0) is 6.69. The van der Waals surface area contributed by atoms with Gasteiger partial charge in [0.05, 0.1) is 6.61 Å². The topological polar surface area (TPSA) is 9.23 Å². The summed E-state index contributed by atoms with van der Waals surface area (Å²) in [5.74, 6) is 1.84. The van der Waals surface area contributed by atoms with E-state index in [0.717, 1.165) is 24.7 Å². The smallest absolute Gasteiger partial charge is 0.535 e. The Morgan fingerprint density at radius 2 is 2.30 bits per heavy atom. The van der Waals surface area contributed by atoms with Gasteiger partial charge < -0.3 is 10.8 Å². The van der Waals surface area contributed by atoms with Gasteiger partial charge in [0.2, 0.25) is 0 Å². The molecular formula is C8H13LiO. The van der Waals surface area contributed by atoms with E-state index in [-0.39, 0.29) is 18.9 Å². The average molecular weight is 132 g/mol. The molecule has 0 radical (unpaired) electrons. The number of hydrogen-bond donors (Lipinski definition) is 0. The van der Waals surface area contributed by atoms with E-state index >= 15 is 0 Å². The molecule has 0 aromatic heterocycles. The van der Waals surface area contributed by atoms with Crippen molar-refractivity contribution in [1.29, 1.82) is 0 Å². The number of rotatable bonds is 0. The largest absolute Gasteiger partial charge is 1.00 e. The zero-order valence-electron chi connectivity index (χ0n) is 7.11. The summed E-state index contributed by atoms with van der Waals surface area (Å²) in [5, 5.41) is 0. The summed E-state index contributed by atoms with van der Waals surface area (Å²) in [4.78, 5) is 0. The molecule has 52 valence electrons. The first-order valence-corrected chi connectivity index (χ1v) is 3.49. The number of allylic oxidation sites excluding steroid dienone is 2. The summed E-state index contributed by atoms with van der Waals surface area (Å²) in [6, 6.07) is 0. The van der Waals surface area contributed by atoms with Gasteiger partial charge in [0, 0.05) is 0 Å². The zero-order valence-corrected chi connectivity index (χ0v) is 7.11. The minimum absolute atomic E-state index is 0. The molecule has 1 heterocycles. The summed E-state index contributed by atoms with van der Waals surface area (Å²) in [7, 11) is 0. The van der Waals surface area contributed by atoms with Crippen LogP contribution < -0.4 is 18.9 Å². The van der Waals surface area contributed by atoms with E-state index in [1.165, 1.54) is 6.42 Å². The van der Waals surface area contributed by atoms with E-state index < -0.39 is 0 Å². The monoisotopic (exact) mass is 132 g/mol. The first-order chi connectivity index (χ1) is 4.33. The third-order valence-corrected chi connectivity index (χ3v) is 1.70. The Balaban J connectivity index is 0.000000810. The van der Waals surface area contributed by atoms with Crippen molar-refractivity contribution < 1.29 is 23.6 Å². The average Bonchev–Trinajstić information content (AvgIpc) is 1.88. The summed E-state index contributed by atoms with van der Waals surface area (Å²) < 4.78 is 5.30. The Morgan fingerprint density at radius 3 is 2.70 bits per heavy atom. The summed E-state index contributed by atoms with van der Waals surface area (Å²) in [6.45, 7) is 5.05. The molecule has 1 rings (SSSR count). The molecule has 1 saturated heterocycles. The standard InChI is InChI=1S/C8H13O.Li/c1-3-8-6-7(2)4-5-9-8;/h7H,4-6H2,1-2H3;/q-1;+1/t7-;/m0./s1. The molecule has 0 aromatic carbocycles. The number of ether oxygens (including phenoxy) is 1. The van der Waals surface area contributed by atoms with Crippen LogP contribution in [0.3, 0.4) is 0 Å². The van der Waals surface area contributed by atoms with Gasteiger partial charge in [-0.05, 0) is 18.8 Å². The molecule has 0 amide bonds. The fourth-order valence-corrected chi connectivity index (χ4v) is 1.04. The van der Waals surface area contributed by atoms with Gasteiger partial charge in [0.1, 0.15) is 0 Å². The van der Waals surface area contributed by atoms with Crippen LogP contribution in [0.15, 0.2) is 5.76 Å². The van der Waals surface area contributed by atoms with Gasteiger partial charge >= 0.3 is 18.9 Å². The molecule has 0 unspecified atom stereocenters. The van der Waals surface area contributed by atoms with E-state index in [4.69, 9.17) is 4.74 Å². The predicted molar refractivity (Wildman–Crippen MR) is 36.8 cm³/mol. The predicted octanol–water partition coefficient (Wildman–Crippen LogP) is -0.856. The Morgan fingerprint density at radius 1 is 1.60 bits per heavy atom. The normalized spacial score (nSPS) is 29.0. The second-order valence-electron chi connectivity index (χ2n) is 2.62. The van der Waals surface area contributed by atoms with Crippen molar-refractivity contribution in [3.8, 4) is 0 Å². The van der Waals surface area contributed by atoms with Gasteiger partial charge in [-0.15, -0.1) is 0 Å². The third-order valence-electron chi connectivity index (χ3n) is 1.70. The van der Waals surface area contributed by atoms with Crippen LogP contribution in [0.25, 0.3) is 0 Å². The van der Waals surface area contributed by atoms with Crippen LogP contribution in [0.2, 0.25) is 0 Å². The van der Waals surface area contributed by atoms with Crippen molar-refractivity contribution >= 4 is 0 Å². The molecule has 0 saturated carbocycles. The molecule has 1 nitrogen and oxygen atoms in total. The van der Waals surface area contributed by atoms with E-state index in [0.29, 0.717) is 0 Å². The van der Waals surface area contributed by atoms with Crippen molar-refractivity contribution in [2.45, 2.75) is 26.7 Å². The molecule has 1 aliphatic rings. The minimum atomic E-state index is 0. The van der Waals surface area contributed by atoms with E-state index in [1.54, 1.807) is 0 Å². The van der Waals surface area contributed by atoms with Gasteiger partial charge in [-0.1, -0.05) is 12.7 Å². The Kier molecular flexibility index (Phi) is 4.94. The summed E-state index contributed by atoms with van der Waals surface area (Å²) in [6.07, 6.45) is 5.31. The quantitative estimate of drug-likeness (QED) is 0.308. The maximum absolute atomic E-state index is 5.30. The fourth-order valence-electron chi connectivity index (χ4n) is 1.04. The van der Waals surface area contributed by atoms with Crippen molar-refractivity contribution in [2.24, 2.45) is 5.92 Å². The van der Waals surface area contributed by atoms with Crippen molar-refractivity contribution in [3.05, 3.63) is 11.8 Å². The minimum Gasteiger partial charge on any atom is -0.535 e. The van der Waals surface area contributed by atoms with Crippen molar-refractivity contribution in [3.63, 3.8) is 0 Å². The van der Waals surface area contributed by atoms with Crippen LogP contribution >= 0.6 is 0 Å². The molecule has 2 heteroatoms. The van der Waals surface area contributed by atoms with E-state index in [9.17, 15) is 0 Å². The molecule has 0 spiro atoms. The Bertz CT molecular complexity index is 120. The summed E-state index contributed by atoms with van der Waals surface area (Å²) >= 11 is 0. The Hall–Kier alpha value is 0.137. The Labute approximate surface area is 75.0 Å². The van der Waals surface area contributed by atoms with E-state index in [1.807, 2.05) is 6.92 Å². The SMILES string of the molecule is C[C-]=C1C[C@@H](C)CCO1.[Li+]. The van der Waals surface area contributed by atoms with Crippen molar-refractivity contribution in [2.75, 3.05) is 6.61 Å². The van der Waals surface area contributed by atoms with Gasteiger partial charge in [0.25, 0.3) is 0 Å². The van der Waals surface area contributed by atoms with Crippen LogP contribution in [0.5, 0.6) is 0 Å².